The molecule has 1 heterocycles. The summed E-state index contributed by atoms with van der Waals surface area (Å²) in [6, 6.07) is 0. The molecule has 2 nitrogen and oxygen atoms in total. The van der Waals surface area contributed by atoms with E-state index in [0.29, 0.717) is 12.5 Å². The molecule has 0 amide bonds. The van der Waals surface area contributed by atoms with Gasteiger partial charge in [-0.05, 0) is 6.08 Å². The van der Waals surface area contributed by atoms with Crippen LogP contribution in [0.15, 0.2) is 17.6 Å². The maximum Gasteiger partial charge on any atom is 0.208 e. The first-order valence-electron chi connectivity index (χ1n) is 2.73. The standard InChI is InChI=1S/C5H7NO/c1-2-5-6-3-4-7-5/h2H,1,3-4H2/i1D/b2-1+. The van der Waals surface area contributed by atoms with E-state index in [2.05, 4.69) is 4.99 Å². The molecule has 0 N–H and O–H groups in total. The summed E-state index contributed by atoms with van der Waals surface area (Å²) in [6.45, 7) is 2.57. The van der Waals surface area contributed by atoms with Crippen LogP contribution in [-0.4, -0.2) is 19.0 Å². The number of rotatable bonds is 1. The molecule has 0 unspecified atom stereocenters. The monoisotopic (exact) mass is 98.1 g/mol. The molecule has 0 saturated carbocycles. The lowest BCUT2D eigenvalue weighted by molar-refractivity contribution is 0.350. The highest BCUT2D eigenvalue weighted by atomic mass is 16.5. The molecule has 1 aliphatic heterocycles. The van der Waals surface area contributed by atoms with Gasteiger partial charge in [0.1, 0.15) is 6.61 Å². The highest BCUT2D eigenvalue weighted by Crippen LogP contribution is 1.92. The third-order valence-electron chi connectivity index (χ3n) is 0.751. The Labute approximate surface area is 43.9 Å². The van der Waals surface area contributed by atoms with Crippen LogP contribution in [0.5, 0.6) is 0 Å². The van der Waals surface area contributed by atoms with Crippen molar-refractivity contribution < 1.29 is 6.11 Å². The van der Waals surface area contributed by atoms with Crippen molar-refractivity contribution >= 4 is 5.90 Å². The van der Waals surface area contributed by atoms with Crippen molar-refractivity contribution in [1.29, 1.82) is 0 Å². The Hall–Kier alpha value is -0.790. The van der Waals surface area contributed by atoms with E-state index >= 15 is 0 Å². The summed E-state index contributed by atoms with van der Waals surface area (Å²) in [4.78, 5) is 3.91. The molecule has 1 aliphatic rings. The van der Waals surface area contributed by atoms with E-state index in [1.165, 1.54) is 12.6 Å². The van der Waals surface area contributed by atoms with Crippen molar-refractivity contribution in [2.75, 3.05) is 13.2 Å². The van der Waals surface area contributed by atoms with E-state index in [4.69, 9.17) is 6.11 Å². The summed E-state index contributed by atoms with van der Waals surface area (Å²) in [7, 11) is 0. The van der Waals surface area contributed by atoms with Crippen LogP contribution in [0, 0.1) is 0 Å². The largest absolute Gasteiger partial charge is 0.476 e. The van der Waals surface area contributed by atoms with E-state index in [9.17, 15) is 0 Å². The van der Waals surface area contributed by atoms with Gasteiger partial charge in [-0.15, -0.1) is 0 Å². The van der Waals surface area contributed by atoms with E-state index in [0.717, 1.165) is 6.54 Å². The minimum absolute atomic E-state index is 0.583. The minimum atomic E-state index is 0.583. The third-order valence-corrected chi connectivity index (χ3v) is 0.751. The molecular formula is C5H7NO. The van der Waals surface area contributed by atoms with E-state index < -0.39 is 0 Å². The molecule has 38 valence electrons. The average molecular weight is 98.1 g/mol. The highest BCUT2D eigenvalue weighted by Gasteiger charge is 1.98. The van der Waals surface area contributed by atoms with Crippen molar-refractivity contribution in [2.24, 2.45) is 4.99 Å². The Morgan fingerprint density at radius 2 is 3.14 bits per heavy atom. The van der Waals surface area contributed by atoms with Crippen LogP contribution >= 0.6 is 0 Å². The lowest BCUT2D eigenvalue weighted by Gasteiger charge is -1.87. The van der Waals surface area contributed by atoms with Crippen molar-refractivity contribution in [3.63, 3.8) is 0 Å². The Morgan fingerprint density at radius 3 is 3.71 bits per heavy atom. The Morgan fingerprint density at radius 1 is 2.14 bits per heavy atom. The van der Waals surface area contributed by atoms with Crippen LogP contribution in [0.1, 0.15) is 1.37 Å². The number of hydrogen-bond donors (Lipinski definition) is 0. The lowest BCUT2D eigenvalue weighted by atomic mass is 10.6. The zero-order valence-corrected chi connectivity index (χ0v) is 3.92. The molecule has 0 aromatic rings. The first kappa shape index (κ1) is 3.24. The Balaban J connectivity index is 2.45. The van der Waals surface area contributed by atoms with Gasteiger partial charge in [0, 0.05) is 0 Å². The molecule has 0 aromatic carbocycles. The van der Waals surface area contributed by atoms with Gasteiger partial charge in [-0.25, -0.2) is 4.99 Å². The first-order chi connectivity index (χ1) is 3.93. The minimum Gasteiger partial charge on any atom is -0.476 e. The number of hydrogen-bond acceptors (Lipinski definition) is 2. The van der Waals surface area contributed by atoms with Crippen LogP contribution in [0.2, 0.25) is 0 Å². The number of nitrogens with zero attached hydrogens (tertiary/aromatic N) is 1. The second-order valence-electron chi connectivity index (χ2n) is 1.24. The fourth-order valence-electron chi connectivity index (χ4n) is 0.453. The fraction of sp³-hybridized carbons (Fsp3) is 0.400. The molecule has 0 radical (unpaired) electrons. The molecule has 1 rings (SSSR count). The van der Waals surface area contributed by atoms with E-state index in [1.54, 1.807) is 0 Å². The maximum absolute atomic E-state index is 6.63. The van der Waals surface area contributed by atoms with Crippen LogP contribution in [-0.2, 0) is 4.74 Å². The first-order valence-corrected chi connectivity index (χ1v) is 2.15. The predicted octanol–water partition coefficient (Wildman–Crippen LogP) is 0.601. The normalized spacial score (nSPS) is 21.7. The van der Waals surface area contributed by atoms with Crippen molar-refractivity contribution in [3.05, 3.63) is 12.6 Å². The van der Waals surface area contributed by atoms with Gasteiger partial charge in [0.15, 0.2) is 0 Å². The smallest absolute Gasteiger partial charge is 0.208 e. The summed E-state index contributed by atoms with van der Waals surface area (Å²) >= 11 is 0. The van der Waals surface area contributed by atoms with Gasteiger partial charge in [-0.3, -0.25) is 0 Å². The van der Waals surface area contributed by atoms with Gasteiger partial charge in [-0.1, -0.05) is 6.55 Å². The van der Waals surface area contributed by atoms with Crippen molar-refractivity contribution in [1.82, 2.24) is 0 Å². The van der Waals surface area contributed by atoms with Gasteiger partial charge in [-0.2, -0.15) is 0 Å². The molecule has 0 atom stereocenters. The summed E-state index contributed by atoms with van der Waals surface area (Å²) in [5.41, 5.74) is 0. The zero-order chi connectivity index (χ0) is 5.82. The SMILES string of the molecule is [2H]/C=C/C1=NCCO1. The van der Waals surface area contributed by atoms with Gasteiger partial charge >= 0.3 is 0 Å². The van der Waals surface area contributed by atoms with Crippen LogP contribution in [0.4, 0.5) is 0 Å². The van der Waals surface area contributed by atoms with Gasteiger partial charge in [0.25, 0.3) is 0 Å². The molecule has 2 heteroatoms. The van der Waals surface area contributed by atoms with Gasteiger partial charge < -0.3 is 4.74 Å². The molecule has 0 aliphatic carbocycles. The van der Waals surface area contributed by atoms with Gasteiger partial charge in [0.05, 0.1) is 7.92 Å². The maximum atomic E-state index is 6.63. The molecule has 7 heavy (non-hydrogen) atoms. The molecular weight excluding hydrogens is 90.1 g/mol. The predicted molar refractivity (Wildman–Crippen MR) is 28.5 cm³/mol. The van der Waals surface area contributed by atoms with Gasteiger partial charge in [0.2, 0.25) is 5.90 Å². The fourth-order valence-corrected chi connectivity index (χ4v) is 0.453. The third kappa shape index (κ3) is 0.796. The molecule has 0 spiro atoms. The van der Waals surface area contributed by atoms with Crippen LogP contribution in [0.25, 0.3) is 0 Å². The van der Waals surface area contributed by atoms with Crippen molar-refractivity contribution in [2.45, 2.75) is 0 Å². The Kier molecular flexibility index (Phi) is 0.823. The molecule has 0 bridgehead atoms. The van der Waals surface area contributed by atoms with Crippen LogP contribution < -0.4 is 0 Å². The summed E-state index contributed by atoms with van der Waals surface area (Å²) < 4.78 is 11.6. The molecule has 0 aromatic heterocycles. The summed E-state index contributed by atoms with van der Waals surface area (Å²) in [5.74, 6) is 0.583. The van der Waals surface area contributed by atoms with Crippen molar-refractivity contribution in [3.8, 4) is 0 Å². The second-order valence-corrected chi connectivity index (χ2v) is 1.24. The number of aliphatic imine (C=N–C) groups is 1. The van der Waals surface area contributed by atoms with E-state index in [1.807, 2.05) is 0 Å². The van der Waals surface area contributed by atoms with E-state index in [-0.39, 0.29) is 0 Å². The average Bonchev–Trinajstić information content (AvgIpc) is 2.19. The highest BCUT2D eigenvalue weighted by molar-refractivity contribution is 5.87. The second kappa shape index (κ2) is 1.78. The number of ether oxygens (including phenoxy) is 1. The summed E-state index contributed by atoms with van der Waals surface area (Å²) in [5, 5.41) is 0. The quantitative estimate of drug-likeness (QED) is 0.470. The topological polar surface area (TPSA) is 21.6 Å². The zero-order valence-electron chi connectivity index (χ0n) is 4.92. The summed E-state index contributed by atoms with van der Waals surface area (Å²) in [6.07, 6.45) is 1.53. The Bertz CT molecular complexity index is 130. The van der Waals surface area contributed by atoms with Crippen LogP contribution in [0.3, 0.4) is 0 Å². The molecule has 0 fully saturated rings. The lowest BCUT2D eigenvalue weighted by Crippen LogP contribution is -1.91. The molecule has 0 saturated heterocycles.